The highest BCUT2D eigenvalue weighted by Gasteiger charge is 2.44. The maximum Gasteiger partial charge on any atom is 0.341 e. The van der Waals surface area contributed by atoms with E-state index in [1.807, 2.05) is 19.1 Å². The molecular formula is C16H16O4. The van der Waals surface area contributed by atoms with Gasteiger partial charge in [-0.2, -0.15) is 0 Å². The smallest absolute Gasteiger partial charge is 0.341 e. The average Bonchev–Trinajstić information content (AvgIpc) is 2.83. The van der Waals surface area contributed by atoms with Crippen molar-refractivity contribution in [1.29, 1.82) is 0 Å². The quantitative estimate of drug-likeness (QED) is 0.738. The van der Waals surface area contributed by atoms with E-state index in [1.54, 1.807) is 6.08 Å². The van der Waals surface area contributed by atoms with Crippen LogP contribution in [-0.2, 0) is 16.0 Å². The van der Waals surface area contributed by atoms with Gasteiger partial charge in [-0.1, -0.05) is 19.9 Å². The van der Waals surface area contributed by atoms with E-state index < -0.39 is 5.97 Å². The Bertz CT molecular complexity index is 662. The maximum atomic E-state index is 12.0. The van der Waals surface area contributed by atoms with Crippen LogP contribution in [0.1, 0.15) is 35.5 Å². The van der Waals surface area contributed by atoms with Crippen LogP contribution in [0.5, 0.6) is 0 Å². The molecule has 0 N–H and O–H groups in total. The lowest BCUT2D eigenvalue weighted by Crippen LogP contribution is -2.38. The summed E-state index contributed by atoms with van der Waals surface area (Å²) in [6.07, 6.45) is 7.43. The van der Waals surface area contributed by atoms with Crippen molar-refractivity contribution >= 4 is 17.8 Å². The molecule has 0 aliphatic heterocycles. The molecular weight excluding hydrogens is 256 g/mol. The summed E-state index contributed by atoms with van der Waals surface area (Å²) >= 11 is 0. The number of esters is 1. The summed E-state index contributed by atoms with van der Waals surface area (Å²) in [4.78, 5) is 23.7. The van der Waals surface area contributed by atoms with Crippen LogP contribution >= 0.6 is 0 Å². The molecule has 2 aliphatic rings. The second-order valence-electron chi connectivity index (χ2n) is 5.64. The molecule has 20 heavy (non-hydrogen) atoms. The second kappa shape index (κ2) is 4.20. The van der Waals surface area contributed by atoms with Crippen LogP contribution in [0.25, 0.3) is 6.08 Å². The summed E-state index contributed by atoms with van der Waals surface area (Å²) in [5.74, 6) is 0.286. The molecule has 0 radical (unpaired) electrons. The zero-order valence-corrected chi connectivity index (χ0v) is 11.7. The molecule has 4 nitrogen and oxygen atoms in total. The van der Waals surface area contributed by atoms with Gasteiger partial charge in [0.15, 0.2) is 5.78 Å². The van der Waals surface area contributed by atoms with Gasteiger partial charge < -0.3 is 9.15 Å². The SMILES string of the molecule is COC(=O)c1coc2c1C[C@]1(C)C(=C2)C=CC(=O)[C@@H]1C. The Kier molecular flexibility index (Phi) is 2.71. The molecule has 1 aromatic heterocycles. The highest BCUT2D eigenvalue weighted by atomic mass is 16.5. The van der Waals surface area contributed by atoms with Crippen LogP contribution in [0.15, 0.2) is 28.4 Å². The molecule has 0 spiro atoms. The second-order valence-corrected chi connectivity index (χ2v) is 5.64. The number of hydrogen-bond acceptors (Lipinski definition) is 4. The molecule has 1 heterocycles. The minimum atomic E-state index is -0.402. The first-order valence-electron chi connectivity index (χ1n) is 6.60. The highest BCUT2D eigenvalue weighted by molar-refractivity contribution is 5.96. The van der Waals surface area contributed by atoms with Gasteiger partial charge in [-0.15, -0.1) is 0 Å². The third-order valence-electron chi connectivity index (χ3n) is 4.63. The van der Waals surface area contributed by atoms with Crippen molar-refractivity contribution in [3.05, 3.63) is 40.9 Å². The van der Waals surface area contributed by atoms with Crippen LogP contribution in [0.3, 0.4) is 0 Å². The van der Waals surface area contributed by atoms with Crippen molar-refractivity contribution in [3.63, 3.8) is 0 Å². The Morgan fingerprint density at radius 2 is 2.20 bits per heavy atom. The number of ether oxygens (including phenoxy) is 1. The van der Waals surface area contributed by atoms with Gasteiger partial charge in [-0.05, 0) is 24.1 Å². The van der Waals surface area contributed by atoms with E-state index in [9.17, 15) is 9.59 Å². The van der Waals surface area contributed by atoms with Crippen LogP contribution in [0.2, 0.25) is 0 Å². The summed E-state index contributed by atoms with van der Waals surface area (Å²) < 4.78 is 10.2. The molecule has 0 amide bonds. The molecule has 0 saturated heterocycles. The van der Waals surface area contributed by atoms with Crippen molar-refractivity contribution in [3.8, 4) is 0 Å². The van der Waals surface area contributed by atoms with Gasteiger partial charge in [0.25, 0.3) is 0 Å². The molecule has 0 aromatic carbocycles. The van der Waals surface area contributed by atoms with Crippen molar-refractivity contribution < 1.29 is 18.7 Å². The Morgan fingerprint density at radius 1 is 1.45 bits per heavy atom. The van der Waals surface area contributed by atoms with E-state index in [1.165, 1.54) is 13.4 Å². The molecule has 2 atom stereocenters. The molecule has 0 fully saturated rings. The summed E-state index contributed by atoms with van der Waals surface area (Å²) in [7, 11) is 1.35. The predicted molar refractivity (Wildman–Crippen MR) is 73.1 cm³/mol. The molecule has 0 saturated carbocycles. The Balaban J connectivity index is 2.14. The monoisotopic (exact) mass is 272 g/mol. The van der Waals surface area contributed by atoms with E-state index in [0.717, 1.165) is 11.1 Å². The van der Waals surface area contributed by atoms with Gasteiger partial charge >= 0.3 is 5.97 Å². The van der Waals surface area contributed by atoms with E-state index in [4.69, 9.17) is 9.15 Å². The first-order valence-corrected chi connectivity index (χ1v) is 6.60. The minimum Gasteiger partial charge on any atom is -0.465 e. The number of fused-ring (bicyclic) bond motifs is 2. The molecule has 4 heteroatoms. The molecule has 1 aromatic rings. The number of ketones is 1. The number of methoxy groups -OCH3 is 1. The van der Waals surface area contributed by atoms with Crippen LogP contribution in [0.4, 0.5) is 0 Å². The summed E-state index contributed by atoms with van der Waals surface area (Å²) in [6.45, 7) is 3.99. The molecule has 3 rings (SSSR count). The highest BCUT2D eigenvalue weighted by Crippen LogP contribution is 2.48. The summed E-state index contributed by atoms with van der Waals surface area (Å²) in [5.41, 5.74) is 2.06. The minimum absolute atomic E-state index is 0.118. The Morgan fingerprint density at radius 3 is 2.90 bits per heavy atom. The van der Waals surface area contributed by atoms with Crippen molar-refractivity contribution in [1.82, 2.24) is 0 Å². The van der Waals surface area contributed by atoms with E-state index >= 15 is 0 Å². The van der Waals surface area contributed by atoms with Crippen molar-refractivity contribution in [2.75, 3.05) is 7.11 Å². The third kappa shape index (κ3) is 1.60. The lowest BCUT2D eigenvalue weighted by molar-refractivity contribution is -0.120. The number of carbonyl (C=O) groups is 2. The lowest BCUT2D eigenvalue weighted by atomic mass is 9.62. The number of allylic oxidation sites excluding steroid dienone is 3. The van der Waals surface area contributed by atoms with Crippen LogP contribution < -0.4 is 0 Å². The maximum absolute atomic E-state index is 12.0. The van der Waals surface area contributed by atoms with Gasteiger partial charge in [-0.25, -0.2) is 4.79 Å². The topological polar surface area (TPSA) is 56.5 Å². The number of carbonyl (C=O) groups excluding carboxylic acids is 2. The molecule has 0 bridgehead atoms. The van der Waals surface area contributed by atoms with Crippen LogP contribution in [0, 0.1) is 11.3 Å². The van der Waals surface area contributed by atoms with Crippen LogP contribution in [-0.4, -0.2) is 18.9 Å². The number of furan rings is 1. The zero-order valence-electron chi connectivity index (χ0n) is 11.7. The van der Waals surface area contributed by atoms with Gasteiger partial charge in [0.05, 0.1) is 7.11 Å². The predicted octanol–water partition coefficient (Wildman–Crippen LogP) is 2.79. The van der Waals surface area contributed by atoms with Gasteiger partial charge in [-0.3, -0.25) is 4.79 Å². The van der Waals surface area contributed by atoms with Gasteiger partial charge in [0.1, 0.15) is 17.6 Å². The number of rotatable bonds is 1. The standard InChI is InChI=1S/C16H16O4/c1-9-13(17)5-4-10-6-14-11(7-16(9,10)2)12(8-20-14)15(18)19-3/h4-6,8-9H,7H2,1-3H3/t9-,16-/m0/s1. The van der Waals surface area contributed by atoms with E-state index in [0.29, 0.717) is 17.7 Å². The fourth-order valence-corrected chi connectivity index (χ4v) is 3.03. The fourth-order valence-electron chi connectivity index (χ4n) is 3.03. The average molecular weight is 272 g/mol. The lowest BCUT2D eigenvalue weighted by Gasteiger charge is -2.40. The fraction of sp³-hybridized carbons (Fsp3) is 0.375. The molecule has 0 unspecified atom stereocenters. The van der Waals surface area contributed by atoms with Gasteiger partial charge in [0.2, 0.25) is 0 Å². The van der Waals surface area contributed by atoms with E-state index in [-0.39, 0.29) is 17.1 Å². The Labute approximate surface area is 117 Å². The van der Waals surface area contributed by atoms with Gasteiger partial charge in [0, 0.05) is 16.9 Å². The molecule has 104 valence electrons. The van der Waals surface area contributed by atoms with Crippen molar-refractivity contribution in [2.45, 2.75) is 20.3 Å². The summed E-state index contributed by atoms with van der Waals surface area (Å²) in [6, 6.07) is 0. The Hall–Kier alpha value is -2.10. The first-order chi connectivity index (χ1) is 9.47. The van der Waals surface area contributed by atoms with E-state index in [2.05, 4.69) is 6.92 Å². The number of hydrogen-bond donors (Lipinski definition) is 0. The molecule has 2 aliphatic carbocycles. The van der Waals surface area contributed by atoms with Crippen molar-refractivity contribution in [2.24, 2.45) is 11.3 Å². The third-order valence-corrected chi connectivity index (χ3v) is 4.63. The first kappa shape index (κ1) is 12.9. The largest absolute Gasteiger partial charge is 0.465 e. The zero-order chi connectivity index (χ0) is 14.5. The summed E-state index contributed by atoms with van der Waals surface area (Å²) in [5, 5.41) is 0. The normalized spacial score (nSPS) is 27.6.